The standard InChI is InChI=1S/C23H19F3N2O4/c24-23(25,26)16-7-4-8-17(13-16)27-21(30)14-32-22(31)12-11-20(29)28-19-10-3-6-15-5-1-2-9-18(15)19/h1-10,13H,11-12,14H2,(H,27,30)(H,28,29). The van der Waals surface area contributed by atoms with Gasteiger partial charge in [0, 0.05) is 23.2 Å². The summed E-state index contributed by atoms with van der Waals surface area (Å²) in [5, 5.41) is 6.78. The number of alkyl halides is 3. The molecule has 2 N–H and O–H groups in total. The molecule has 2 amide bonds. The summed E-state index contributed by atoms with van der Waals surface area (Å²) in [6.07, 6.45) is -4.95. The Morgan fingerprint density at radius 3 is 2.31 bits per heavy atom. The number of halogens is 3. The van der Waals surface area contributed by atoms with Gasteiger partial charge in [-0.2, -0.15) is 13.2 Å². The van der Waals surface area contributed by atoms with Gasteiger partial charge in [0.05, 0.1) is 12.0 Å². The molecule has 3 rings (SSSR count). The maximum atomic E-state index is 12.7. The van der Waals surface area contributed by atoms with Crippen LogP contribution in [0.15, 0.2) is 66.7 Å². The number of hydrogen-bond acceptors (Lipinski definition) is 4. The van der Waals surface area contributed by atoms with Crippen molar-refractivity contribution < 1.29 is 32.3 Å². The average molecular weight is 444 g/mol. The van der Waals surface area contributed by atoms with E-state index in [2.05, 4.69) is 10.6 Å². The van der Waals surface area contributed by atoms with Crippen LogP contribution >= 0.6 is 0 Å². The lowest BCUT2D eigenvalue weighted by Gasteiger charge is -2.10. The number of hydrogen-bond donors (Lipinski definition) is 2. The van der Waals surface area contributed by atoms with Gasteiger partial charge in [0.1, 0.15) is 0 Å². The molecule has 0 atom stereocenters. The maximum Gasteiger partial charge on any atom is 0.416 e. The summed E-state index contributed by atoms with van der Waals surface area (Å²) in [6.45, 7) is -0.681. The largest absolute Gasteiger partial charge is 0.456 e. The lowest BCUT2D eigenvalue weighted by Crippen LogP contribution is -2.22. The Kier molecular flexibility index (Phi) is 7.09. The van der Waals surface area contributed by atoms with Gasteiger partial charge in [-0.3, -0.25) is 14.4 Å². The molecule has 0 heterocycles. The van der Waals surface area contributed by atoms with E-state index < -0.39 is 36.1 Å². The van der Waals surface area contributed by atoms with Crippen molar-refractivity contribution in [2.24, 2.45) is 0 Å². The summed E-state index contributed by atoms with van der Waals surface area (Å²) in [6, 6.07) is 17.0. The number of anilines is 2. The second kappa shape index (κ2) is 9.95. The number of nitrogens with one attached hydrogen (secondary N) is 2. The van der Waals surface area contributed by atoms with E-state index >= 15 is 0 Å². The number of ether oxygens (including phenoxy) is 1. The van der Waals surface area contributed by atoms with Crippen molar-refractivity contribution in [2.75, 3.05) is 17.2 Å². The molecule has 9 heteroatoms. The summed E-state index contributed by atoms with van der Waals surface area (Å²) in [4.78, 5) is 35.8. The minimum atomic E-state index is -4.54. The Labute approximate surface area is 181 Å². The van der Waals surface area contributed by atoms with E-state index in [0.717, 1.165) is 29.0 Å². The number of rotatable bonds is 7. The zero-order valence-corrected chi connectivity index (χ0v) is 16.7. The molecule has 0 saturated carbocycles. The molecule has 166 valence electrons. The first-order valence-corrected chi connectivity index (χ1v) is 9.63. The molecular weight excluding hydrogens is 425 g/mol. The monoisotopic (exact) mass is 444 g/mol. The predicted octanol–water partition coefficient (Wildman–Crippen LogP) is 4.76. The molecule has 32 heavy (non-hydrogen) atoms. The van der Waals surface area contributed by atoms with E-state index in [0.29, 0.717) is 5.69 Å². The van der Waals surface area contributed by atoms with Crippen LogP contribution in [0.1, 0.15) is 18.4 Å². The van der Waals surface area contributed by atoms with Crippen molar-refractivity contribution in [3.63, 3.8) is 0 Å². The van der Waals surface area contributed by atoms with Gasteiger partial charge in [0.15, 0.2) is 6.61 Å². The van der Waals surface area contributed by atoms with Crippen molar-refractivity contribution >= 4 is 39.9 Å². The second-order valence-corrected chi connectivity index (χ2v) is 6.86. The molecule has 3 aromatic rings. The minimum Gasteiger partial charge on any atom is -0.456 e. The minimum absolute atomic E-state index is 0.0738. The van der Waals surface area contributed by atoms with E-state index in [4.69, 9.17) is 4.74 Å². The topological polar surface area (TPSA) is 84.5 Å². The van der Waals surface area contributed by atoms with Gasteiger partial charge in [0.2, 0.25) is 5.91 Å². The average Bonchev–Trinajstić information content (AvgIpc) is 2.76. The third kappa shape index (κ3) is 6.31. The van der Waals surface area contributed by atoms with Crippen LogP contribution in [0.3, 0.4) is 0 Å². The van der Waals surface area contributed by atoms with Gasteiger partial charge >= 0.3 is 12.1 Å². The van der Waals surface area contributed by atoms with Crippen LogP contribution in [-0.2, 0) is 25.3 Å². The number of fused-ring (bicyclic) bond motifs is 1. The SMILES string of the molecule is O=C(COC(=O)CCC(=O)Nc1cccc2ccccc12)Nc1cccc(C(F)(F)F)c1. The Hall–Kier alpha value is -3.88. The molecule has 3 aromatic carbocycles. The van der Waals surface area contributed by atoms with E-state index in [-0.39, 0.29) is 18.5 Å². The smallest absolute Gasteiger partial charge is 0.416 e. The number of benzene rings is 3. The van der Waals surface area contributed by atoms with Gasteiger partial charge in [-0.05, 0) is 29.7 Å². The third-order valence-corrected chi connectivity index (χ3v) is 4.46. The predicted molar refractivity (Wildman–Crippen MR) is 113 cm³/mol. The summed E-state index contributed by atoms with van der Waals surface area (Å²) in [5.74, 6) is -1.97. The van der Waals surface area contributed by atoms with Gasteiger partial charge in [-0.15, -0.1) is 0 Å². The van der Waals surface area contributed by atoms with Crippen molar-refractivity contribution in [1.82, 2.24) is 0 Å². The molecule has 0 spiro atoms. The molecule has 0 radical (unpaired) electrons. The van der Waals surface area contributed by atoms with Crippen molar-refractivity contribution in [1.29, 1.82) is 0 Å². The highest BCUT2D eigenvalue weighted by atomic mass is 19.4. The molecule has 0 aromatic heterocycles. The molecule has 0 aliphatic heterocycles. The molecule has 0 unspecified atom stereocenters. The zero-order chi connectivity index (χ0) is 23.1. The van der Waals surface area contributed by atoms with Crippen LogP contribution in [0.2, 0.25) is 0 Å². The van der Waals surface area contributed by atoms with Gasteiger partial charge in [0.25, 0.3) is 5.91 Å². The molecule has 0 aliphatic carbocycles. The van der Waals surface area contributed by atoms with E-state index in [1.807, 2.05) is 30.3 Å². The van der Waals surface area contributed by atoms with E-state index in [1.54, 1.807) is 12.1 Å². The van der Waals surface area contributed by atoms with Crippen LogP contribution in [0.25, 0.3) is 10.8 Å². The number of amides is 2. The highest BCUT2D eigenvalue weighted by molar-refractivity contribution is 6.02. The van der Waals surface area contributed by atoms with Crippen molar-refractivity contribution in [3.05, 3.63) is 72.3 Å². The van der Waals surface area contributed by atoms with Crippen molar-refractivity contribution in [2.45, 2.75) is 19.0 Å². The highest BCUT2D eigenvalue weighted by Gasteiger charge is 2.30. The van der Waals surface area contributed by atoms with Gasteiger partial charge in [-0.25, -0.2) is 0 Å². The van der Waals surface area contributed by atoms with E-state index in [9.17, 15) is 27.6 Å². The fourth-order valence-electron chi connectivity index (χ4n) is 2.95. The Morgan fingerprint density at radius 2 is 1.53 bits per heavy atom. The van der Waals surface area contributed by atoms with Crippen LogP contribution in [-0.4, -0.2) is 24.4 Å². The lowest BCUT2D eigenvalue weighted by molar-refractivity contribution is -0.147. The van der Waals surface area contributed by atoms with Gasteiger partial charge in [-0.1, -0.05) is 42.5 Å². The fraction of sp³-hybridized carbons (Fsp3) is 0.174. The van der Waals surface area contributed by atoms with Crippen LogP contribution in [0, 0.1) is 0 Å². The van der Waals surface area contributed by atoms with E-state index in [1.165, 1.54) is 6.07 Å². The Bertz CT molecular complexity index is 1140. The quantitative estimate of drug-likeness (QED) is 0.515. The number of carbonyl (C=O) groups is 3. The Balaban J connectivity index is 1.44. The van der Waals surface area contributed by atoms with Gasteiger partial charge < -0.3 is 15.4 Å². The fourth-order valence-corrected chi connectivity index (χ4v) is 2.95. The molecule has 6 nitrogen and oxygen atoms in total. The number of carbonyl (C=O) groups excluding carboxylic acids is 3. The normalized spacial score (nSPS) is 11.1. The Morgan fingerprint density at radius 1 is 0.812 bits per heavy atom. The first kappa shape index (κ1) is 22.8. The zero-order valence-electron chi connectivity index (χ0n) is 16.7. The molecule has 0 aliphatic rings. The summed E-state index contributed by atoms with van der Waals surface area (Å²) < 4.78 is 42.9. The van der Waals surface area contributed by atoms with Crippen LogP contribution in [0.4, 0.5) is 24.5 Å². The van der Waals surface area contributed by atoms with Crippen molar-refractivity contribution in [3.8, 4) is 0 Å². The lowest BCUT2D eigenvalue weighted by atomic mass is 10.1. The highest BCUT2D eigenvalue weighted by Crippen LogP contribution is 2.30. The summed E-state index contributed by atoms with van der Waals surface area (Å²) >= 11 is 0. The first-order valence-electron chi connectivity index (χ1n) is 9.63. The molecular formula is C23H19F3N2O4. The maximum absolute atomic E-state index is 12.7. The third-order valence-electron chi connectivity index (χ3n) is 4.46. The van der Waals surface area contributed by atoms with Crippen LogP contribution in [0.5, 0.6) is 0 Å². The van der Waals surface area contributed by atoms with Crippen LogP contribution < -0.4 is 10.6 Å². The number of esters is 1. The summed E-state index contributed by atoms with van der Waals surface area (Å²) in [7, 11) is 0. The first-order chi connectivity index (χ1) is 15.2. The molecule has 0 bridgehead atoms. The second-order valence-electron chi connectivity index (χ2n) is 6.86. The summed E-state index contributed by atoms with van der Waals surface area (Å²) in [5.41, 5.74) is -0.373. The molecule has 0 saturated heterocycles. The molecule has 0 fully saturated rings.